The molecule has 2 aromatic heterocycles. The van der Waals surface area contributed by atoms with Crippen molar-refractivity contribution in [2.75, 3.05) is 10.6 Å². The lowest BCUT2D eigenvalue weighted by molar-refractivity contribution is 0.0979. The molecular formula is C14H16N4O. The molecule has 2 heterocycles. The van der Waals surface area contributed by atoms with E-state index in [1.54, 1.807) is 47.8 Å². The average Bonchev–Trinajstić information content (AvgIpc) is 2.42. The number of nitrogens with zero attached hydrogens (tertiary/aromatic N) is 3. The van der Waals surface area contributed by atoms with Crippen molar-refractivity contribution in [1.82, 2.24) is 9.97 Å². The van der Waals surface area contributed by atoms with Gasteiger partial charge in [-0.15, -0.1) is 0 Å². The van der Waals surface area contributed by atoms with Crippen LogP contribution in [0, 0.1) is 0 Å². The van der Waals surface area contributed by atoms with E-state index in [0.717, 1.165) is 0 Å². The summed E-state index contributed by atoms with van der Waals surface area (Å²) in [5.74, 6) is 0.457. The summed E-state index contributed by atoms with van der Waals surface area (Å²) in [4.78, 5) is 22.3. The topological polar surface area (TPSA) is 72.1 Å². The van der Waals surface area contributed by atoms with E-state index in [0.29, 0.717) is 17.1 Å². The van der Waals surface area contributed by atoms with Crippen LogP contribution in [0.15, 0.2) is 42.9 Å². The lowest BCUT2D eigenvalue weighted by Gasteiger charge is -2.25. The molecule has 0 spiro atoms. The zero-order valence-electron chi connectivity index (χ0n) is 10.9. The molecule has 2 N–H and O–H groups in total. The molecule has 5 nitrogen and oxygen atoms in total. The zero-order chi connectivity index (χ0) is 13.8. The summed E-state index contributed by atoms with van der Waals surface area (Å²) in [5.41, 5.74) is 6.72. The summed E-state index contributed by atoms with van der Waals surface area (Å²) >= 11 is 0. The van der Waals surface area contributed by atoms with Gasteiger partial charge in [-0.05, 0) is 38.1 Å². The molecule has 98 valence electrons. The Bertz CT molecular complexity index is 551. The van der Waals surface area contributed by atoms with Crippen molar-refractivity contribution in [3.63, 3.8) is 0 Å². The molecule has 0 aliphatic heterocycles. The molecule has 2 aromatic rings. The minimum absolute atomic E-state index is 0.0103. The summed E-state index contributed by atoms with van der Waals surface area (Å²) in [6, 6.07) is 6.94. The van der Waals surface area contributed by atoms with Crippen LogP contribution in [0.3, 0.4) is 0 Å². The highest BCUT2D eigenvalue weighted by Gasteiger charge is 2.21. The van der Waals surface area contributed by atoms with Gasteiger partial charge < -0.3 is 5.73 Å². The molecule has 0 saturated heterocycles. The van der Waals surface area contributed by atoms with Gasteiger partial charge in [-0.25, -0.2) is 4.98 Å². The molecule has 5 heteroatoms. The number of nitrogens with two attached hydrogens (primary N) is 1. The molecule has 0 fully saturated rings. The molecule has 0 unspecified atom stereocenters. The minimum Gasteiger partial charge on any atom is -0.397 e. The van der Waals surface area contributed by atoms with Gasteiger partial charge >= 0.3 is 0 Å². The van der Waals surface area contributed by atoms with Gasteiger partial charge in [0.1, 0.15) is 5.82 Å². The Balaban J connectivity index is 2.36. The van der Waals surface area contributed by atoms with Crippen molar-refractivity contribution in [3.8, 4) is 0 Å². The van der Waals surface area contributed by atoms with E-state index >= 15 is 0 Å². The standard InChI is InChI=1S/C14H16N4O/c1-10(2)18(13-6-5-12(15)9-17-13)14(19)11-4-3-7-16-8-11/h3-10H,15H2,1-2H3. The SMILES string of the molecule is CC(C)N(C(=O)c1cccnc1)c1ccc(N)cn1. The second-order valence-electron chi connectivity index (χ2n) is 4.46. The molecule has 0 aliphatic carbocycles. The van der Waals surface area contributed by atoms with E-state index in [9.17, 15) is 4.79 Å². The summed E-state index contributed by atoms with van der Waals surface area (Å²) in [6.07, 6.45) is 4.73. The second kappa shape index (κ2) is 5.48. The van der Waals surface area contributed by atoms with Gasteiger partial charge in [0.15, 0.2) is 0 Å². The summed E-state index contributed by atoms with van der Waals surface area (Å²) < 4.78 is 0. The average molecular weight is 256 g/mol. The first-order valence-electron chi connectivity index (χ1n) is 6.04. The highest BCUT2D eigenvalue weighted by atomic mass is 16.2. The van der Waals surface area contributed by atoms with Gasteiger partial charge in [-0.2, -0.15) is 0 Å². The van der Waals surface area contributed by atoms with Crippen LogP contribution in [0.4, 0.5) is 11.5 Å². The van der Waals surface area contributed by atoms with E-state index in [4.69, 9.17) is 5.73 Å². The molecule has 2 rings (SSSR count). The fourth-order valence-electron chi connectivity index (χ4n) is 1.77. The van der Waals surface area contributed by atoms with E-state index in [1.165, 1.54) is 0 Å². The molecular weight excluding hydrogens is 240 g/mol. The lowest BCUT2D eigenvalue weighted by Crippen LogP contribution is -2.37. The Morgan fingerprint density at radius 2 is 2.05 bits per heavy atom. The normalized spacial score (nSPS) is 10.5. The van der Waals surface area contributed by atoms with Gasteiger partial charge in [0.2, 0.25) is 0 Å². The third kappa shape index (κ3) is 2.88. The Morgan fingerprint density at radius 3 is 2.58 bits per heavy atom. The number of carbonyl (C=O) groups excluding carboxylic acids is 1. The Morgan fingerprint density at radius 1 is 1.26 bits per heavy atom. The Hall–Kier alpha value is -2.43. The van der Waals surface area contributed by atoms with Crippen LogP contribution in [0.5, 0.6) is 0 Å². The number of amides is 1. The van der Waals surface area contributed by atoms with Gasteiger partial charge in [0.05, 0.1) is 17.4 Å². The van der Waals surface area contributed by atoms with Crippen molar-refractivity contribution in [2.24, 2.45) is 0 Å². The Labute approximate surface area is 112 Å². The summed E-state index contributed by atoms with van der Waals surface area (Å²) in [6.45, 7) is 3.87. The monoisotopic (exact) mass is 256 g/mol. The molecule has 0 saturated carbocycles. The maximum absolute atomic E-state index is 12.5. The first-order valence-corrected chi connectivity index (χ1v) is 6.04. The number of anilines is 2. The van der Waals surface area contributed by atoms with Crippen LogP contribution < -0.4 is 10.6 Å². The largest absolute Gasteiger partial charge is 0.397 e. The molecule has 0 aliphatic rings. The number of rotatable bonds is 3. The van der Waals surface area contributed by atoms with Crippen molar-refractivity contribution >= 4 is 17.4 Å². The number of hydrogen-bond acceptors (Lipinski definition) is 4. The van der Waals surface area contributed by atoms with Gasteiger partial charge in [0.25, 0.3) is 5.91 Å². The molecule has 0 radical (unpaired) electrons. The van der Waals surface area contributed by atoms with Crippen molar-refractivity contribution in [1.29, 1.82) is 0 Å². The van der Waals surface area contributed by atoms with Crippen molar-refractivity contribution < 1.29 is 4.79 Å². The number of hydrogen-bond donors (Lipinski definition) is 1. The van der Waals surface area contributed by atoms with Gasteiger partial charge in [-0.3, -0.25) is 14.7 Å². The third-order valence-corrected chi connectivity index (χ3v) is 2.66. The maximum Gasteiger partial charge on any atom is 0.261 e. The molecule has 0 aromatic carbocycles. The molecule has 19 heavy (non-hydrogen) atoms. The second-order valence-corrected chi connectivity index (χ2v) is 4.46. The van der Waals surface area contributed by atoms with Gasteiger partial charge in [-0.1, -0.05) is 0 Å². The van der Waals surface area contributed by atoms with Crippen LogP contribution in [0.25, 0.3) is 0 Å². The molecule has 0 atom stereocenters. The van der Waals surface area contributed by atoms with Gasteiger partial charge in [0, 0.05) is 18.4 Å². The quantitative estimate of drug-likeness (QED) is 0.913. The predicted molar refractivity (Wildman–Crippen MR) is 74.8 cm³/mol. The van der Waals surface area contributed by atoms with Crippen LogP contribution in [0.1, 0.15) is 24.2 Å². The van der Waals surface area contributed by atoms with E-state index < -0.39 is 0 Å². The van der Waals surface area contributed by atoms with Crippen molar-refractivity contribution in [3.05, 3.63) is 48.4 Å². The van der Waals surface area contributed by atoms with Crippen LogP contribution >= 0.6 is 0 Å². The smallest absolute Gasteiger partial charge is 0.261 e. The van der Waals surface area contributed by atoms with Crippen LogP contribution in [-0.4, -0.2) is 21.9 Å². The minimum atomic E-state index is -0.125. The fraction of sp³-hybridized carbons (Fsp3) is 0.214. The number of aromatic nitrogens is 2. The van der Waals surface area contributed by atoms with E-state index in [1.807, 2.05) is 13.8 Å². The number of nitrogen functional groups attached to an aromatic ring is 1. The number of pyridine rings is 2. The highest BCUT2D eigenvalue weighted by Crippen LogP contribution is 2.18. The molecule has 1 amide bonds. The predicted octanol–water partition coefficient (Wildman–Crippen LogP) is 2.11. The van der Waals surface area contributed by atoms with Crippen molar-refractivity contribution in [2.45, 2.75) is 19.9 Å². The van der Waals surface area contributed by atoms with Crippen LogP contribution in [0.2, 0.25) is 0 Å². The number of carbonyl (C=O) groups is 1. The molecule has 0 bridgehead atoms. The fourth-order valence-corrected chi connectivity index (χ4v) is 1.77. The summed E-state index contributed by atoms with van der Waals surface area (Å²) in [5, 5.41) is 0. The first-order chi connectivity index (χ1) is 9.09. The highest BCUT2D eigenvalue weighted by molar-refractivity contribution is 6.05. The van der Waals surface area contributed by atoms with Crippen LogP contribution in [-0.2, 0) is 0 Å². The lowest BCUT2D eigenvalue weighted by atomic mass is 10.2. The third-order valence-electron chi connectivity index (χ3n) is 2.66. The van der Waals surface area contributed by atoms with E-state index in [-0.39, 0.29) is 11.9 Å². The first kappa shape index (κ1) is 13.0. The zero-order valence-corrected chi connectivity index (χ0v) is 10.9. The Kier molecular flexibility index (Phi) is 3.75. The van der Waals surface area contributed by atoms with E-state index in [2.05, 4.69) is 9.97 Å². The summed E-state index contributed by atoms with van der Waals surface area (Å²) in [7, 11) is 0. The maximum atomic E-state index is 12.5.